The number of nitrogens with zero attached hydrogens (tertiary/aromatic N) is 1. The maximum absolute atomic E-state index is 11.8. The van der Waals surface area contributed by atoms with E-state index < -0.39 is 23.0 Å². The minimum atomic E-state index is -1.09. The van der Waals surface area contributed by atoms with Crippen molar-refractivity contribution in [2.45, 2.75) is 20.0 Å². The maximum atomic E-state index is 11.8. The van der Waals surface area contributed by atoms with Crippen LogP contribution in [0.15, 0.2) is 18.2 Å². The molecule has 20 heavy (non-hydrogen) atoms. The summed E-state index contributed by atoms with van der Waals surface area (Å²) in [4.78, 5) is 33.0. The van der Waals surface area contributed by atoms with E-state index in [0.717, 1.165) is 12.1 Å². The van der Waals surface area contributed by atoms with Crippen molar-refractivity contribution in [3.05, 3.63) is 38.9 Å². The van der Waals surface area contributed by atoms with Crippen LogP contribution in [0.5, 0.6) is 0 Å². The fraction of sp³-hybridized carbons (Fsp3) is 0.333. The molecule has 0 aliphatic carbocycles. The number of halogens is 1. The SMILES string of the molecule is CCOC(=O)C(C)OC(=O)c1ccc([N+](=O)[O-])cc1Cl. The average molecular weight is 302 g/mol. The van der Waals surface area contributed by atoms with Crippen LogP contribution < -0.4 is 0 Å². The molecule has 0 aromatic heterocycles. The van der Waals surface area contributed by atoms with Gasteiger partial charge >= 0.3 is 11.9 Å². The Hall–Kier alpha value is -2.15. The molecule has 0 aliphatic rings. The zero-order valence-electron chi connectivity index (χ0n) is 10.8. The van der Waals surface area contributed by atoms with Crippen LogP contribution >= 0.6 is 11.6 Å². The molecule has 0 saturated carbocycles. The number of ether oxygens (including phenoxy) is 2. The number of hydrogen-bond donors (Lipinski definition) is 0. The lowest BCUT2D eigenvalue weighted by Gasteiger charge is -2.12. The number of rotatable bonds is 5. The van der Waals surface area contributed by atoms with E-state index in [9.17, 15) is 19.7 Å². The highest BCUT2D eigenvalue weighted by Gasteiger charge is 2.22. The van der Waals surface area contributed by atoms with Gasteiger partial charge in [0.25, 0.3) is 5.69 Å². The van der Waals surface area contributed by atoms with Gasteiger partial charge in [-0.3, -0.25) is 10.1 Å². The molecule has 0 saturated heterocycles. The minimum Gasteiger partial charge on any atom is -0.463 e. The quantitative estimate of drug-likeness (QED) is 0.470. The summed E-state index contributed by atoms with van der Waals surface area (Å²) in [7, 11) is 0. The maximum Gasteiger partial charge on any atom is 0.347 e. The molecule has 8 heteroatoms. The molecule has 1 aromatic carbocycles. The van der Waals surface area contributed by atoms with Gasteiger partial charge in [0.2, 0.25) is 0 Å². The first kappa shape index (κ1) is 15.9. The first-order chi connectivity index (χ1) is 9.36. The molecule has 0 amide bonds. The smallest absolute Gasteiger partial charge is 0.347 e. The van der Waals surface area contributed by atoms with Crippen molar-refractivity contribution in [1.82, 2.24) is 0 Å². The fourth-order valence-corrected chi connectivity index (χ4v) is 1.57. The number of non-ortho nitro benzene ring substituents is 1. The molecular formula is C12H12ClNO6. The molecule has 1 atom stereocenters. The number of esters is 2. The average Bonchev–Trinajstić information content (AvgIpc) is 2.38. The van der Waals surface area contributed by atoms with Gasteiger partial charge in [0.1, 0.15) is 0 Å². The molecule has 1 aromatic rings. The summed E-state index contributed by atoms with van der Waals surface area (Å²) in [6.07, 6.45) is -1.09. The predicted molar refractivity (Wildman–Crippen MR) is 69.6 cm³/mol. The molecule has 0 aliphatic heterocycles. The second-order valence-electron chi connectivity index (χ2n) is 3.72. The van der Waals surface area contributed by atoms with Crippen LogP contribution in [0.2, 0.25) is 5.02 Å². The molecule has 1 unspecified atom stereocenters. The van der Waals surface area contributed by atoms with Gasteiger partial charge in [-0.25, -0.2) is 9.59 Å². The van der Waals surface area contributed by atoms with Crippen LogP contribution in [0.3, 0.4) is 0 Å². The molecule has 0 heterocycles. The summed E-state index contributed by atoms with van der Waals surface area (Å²) in [6.45, 7) is 3.15. The summed E-state index contributed by atoms with van der Waals surface area (Å²) in [6, 6.07) is 3.32. The van der Waals surface area contributed by atoms with Gasteiger partial charge in [0, 0.05) is 12.1 Å². The molecule has 0 fully saturated rings. The fourth-order valence-electron chi connectivity index (χ4n) is 1.31. The van der Waals surface area contributed by atoms with Crippen LogP contribution in [0.1, 0.15) is 24.2 Å². The summed E-state index contributed by atoms with van der Waals surface area (Å²) in [5.41, 5.74) is -0.307. The number of nitro benzene ring substituents is 1. The van der Waals surface area contributed by atoms with Crippen molar-refractivity contribution in [1.29, 1.82) is 0 Å². The third-order valence-corrected chi connectivity index (χ3v) is 2.60. The Labute approximate surface area is 119 Å². The van der Waals surface area contributed by atoms with E-state index in [1.165, 1.54) is 13.0 Å². The Morgan fingerprint density at radius 3 is 2.60 bits per heavy atom. The Bertz CT molecular complexity index is 545. The predicted octanol–water partition coefficient (Wildman–Crippen LogP) is 2.36. The van der Waals surface area contributed by atoms with Crippen molar-refractivity contribution in [2.24, 2.45) is 0 Å². The van der Waals surface area contributed by atoms with E-state index in [0.29, 0.717) is 0 Å². The second kappa shape index (κ2) is 6.85. The normalized spacial score (nSPS) is 11.6. The largest absolute Gasteiger partial charge is 0.463 e. The van der Waals surface area contributed by atoms with Gasteiger partial charge in [-0.15, -0.1) is 0 Å². The number of benzene rings is 1. The molecule has 0 radical (unpaired) electrons. The lowest BCUT2D eigenvalue weighted by molar-refractivity contribution is -0.384. The van der Waals surface area contributed by atoms with Crippen molar-refractivity contribution < 1.29 is 24.0 Å². The Kier molecular flexibility index (Phi) is 5.45. The number of hydrogen-bond acceptors (Lipinski definition) is 6. The third-order valence-electron chi connectivity index (χ3n) is 2.29. The zero-order valence-corrected chi connectivity index (χ0v) is 11.5. The summed E-state index contributed by atoms with van der Waals surface area (Å²) in [5.74, 6) is -1.54. The Morgan fingerprint density at radius 2 is 2.10 bits per heavy atom. The van der Waals surface area contributed by atoms with Crippen molar-refractivity contribution in [3.8, 4) is 0 Å². The summed E-state index contributed by atoms with van der Waals surface area (Å²) >= 11 is 5.77. The van der Waals surface area contributed by atoms with E-state index in [1.807, 2.05) is 0 Å². The van der Waals surface area contributed by atoms with Crippen LogP contribution in [-0.4, -0.2) is 29.6 Å². The minimum absolute atomic E-state index is 0.0617. The topological polar surface area (TPSA) is 95.7 Å². The molecule has 0 N–H and O–H groups in total. The van der Waals surface area contributed by atoms with Crippen LogP contribution in [0.25, 0.3) is 0 Å². The van der Waals surface area contributed by atoms with Gasteiger partial charge in [-0.1, -0.05) is 11.6 Å². The van der Waals surface area contributed by atoms with Crippen molar-refractivity contribution >= 4 is 29.2 Å². The number of carbonyl (C=O) groups is 2. The highest BCUT2D eigenvalue weighted by atomic mass is 35.5. The van der Waals surface area contributed by atoms with Crippen LogP contribution in [0.4, 0.5) is 5.69 Å². The molecule has 1 rings (SSSR count). The van der Waals surface area contributed by atoms with Crippen molar-refractivity contribution in [2.75, 3.05) is 6.61 Å². The van der Waals surface area contributed by atoms with Crippen molar-refractivity contribution in [3.63, 3.8) is 0 Å². The van der Waals surface area contributed by atoms with Gasteiger partial charge in [0.05, 0.1) is 22.1 Å². The monoisotopic (exact) mass is 301 g/mol. The molecular weight excluding hydrogens is 290 g/mol. The lowest BCUT2D eigenvalue weighted by atomic mass is 10.2. The third kappa shape index (κ3) is 3.92. The van der Waals surface area contributed by atoms with Gasteiger partial charge in [-0.2, -0.15) is 0 Å². The first-order valence-electron chi connectivity index (χ1n) is 5.68. The van der Waals surface area contributed by atoms with E-state index in [2.05, 4.69) is 4.74 Å². The van der Waals surface area contributed by atoms with Gasteiger partial charge in [0.15, 0.2) is 6.10 Å². The van der Waals surface area contributed by atoms with E-state index >= 15 is 0 Å². The van der Waals surface area contributed by atoms with Crippen LogP contribution in [0, 0.1) is 10.1 Å². The van der Waals surface area contributed by atoms with E-state index in [1.54, 1.807) is 6.92 Å². The van der Waals surface area contributed by atoms with E-state index in [4.69, 9.17) is 16.3 Å². The van der Waals surface area contributed by atoms with Gasteiger partial charge in [-0.05, 0) is 19.9 Å². The highest BCUT2D eigenvalue weighted by molar-refractivity contribution is 6.33. The highest BCUT2D eigenvalue weighted by Crippen LogP contribution is 2.23. The van der Waals surface area contributed by atoms with Gasteiger partial charge < -0.3 is 9.47 Å². The first-order valence-corrected chi connectivity index (χ1v) is 6.06. The van der Waals surface area contributed by atoms with E-state index in [-0.39, 0.29) is 22.9 Å². The zero-order chi connectivity index (χ0) is 15.3. The molecule has 0 bridgehead atoms. The second-order valence-corrected chi connectivity index (χ2v) is 4.13. The Balaban J connectivity index is 2.83. The lowest BCUT2D eigenvalue weighted by Crippen LogP contribution is -2.26. The number of carbonyl (C=O) groups excluding carboxylic acids is 2. The summed E-state index contributed by atoms with van der Waals surface area (Å²) < 4.78 is 9.55. The molecule has 0 spiro atoms. The standard InChI is InChI=1S/C12H12ClNO6/c1-3-19-11(15)7(2)20-12(16)9-5-4-8(14(17)18)6-10(9)13/h4-7H,3H2,1-2H3. The number of nitro groups is 1. The summed E-state index contributed by atoms with van der Waals surface area (Å²) in [5, 5.41) is 10.4. The molecule has 108 valence electrons. The molecule has 7 nitrogen and oxygen atoms in total. The Morgan fingerprint density at radius 1 is 1.45 bits per heavy atom. The van der Waals surface area contributed by atoms with Crippen LogP contribution in [-0.2, 0) is 14.3 Å².